The molecule has 0 N–H and O–H groups in total. The van der Waals surface area contributed by atoms with Crippen LogP contribution in [-0.2, 0) is 10.8 Å². The molecule has 1 heterocycles. The summed E-state index contributed by atoms with van der Waals surface area (Å²) in [6.07, 6.45) is 0. The van der Waals surface area contributed by atoms with Crippen LogP contribution in [0.4, 0.5) is 17.1 Å². The van der Waals surface area contributed by atoms with Gasteiger partial charge in [0.15, 0.2) is 0 Å². The van der Waals surface area contributed by atoms with E-state index in [1.807, 2.05) is 11.3 Å². The molecule has 230 valence electrons. The Bertz CT molecular complexity index is 2530. The molecule has 0 amide bonds. The molecular weight excluding hydrogens is 599 g/mol. The van der Waals surface area contributed by atoms with Crippen LogP contribution in [0.15, 0.2) is 140 Å². The predicted molar refractivity (Wildman–Crippen MR) is 207 cm³/mol. The highest BCUT2D eigenvalue weighted by Gasteiger charge is 2.37. The van der Waals surface area contributed by atoms with Gasteiger partial charge >= 0.3 is 0 Å². The summed E-state index contributed by atoms with van der Waals surface area (Å²) in [5.74, 6) is 0. The first-order chi connectivity index (χ1) is 23.3. The molecule has 10 rings (SSSR count). The Balaban J connectivity index is 1.20. The topological polar surface area (TPSA) is 3.24 Å². The summed E-state index contributed by atoms with van der Waals surface area (Å²) in [6, 6.07) is 52.6. The van der Waals surface area contributed by atoms with Gasteiger partial charge in [-0.1, -0.05) is 113 Å². The smallest absolute Gasteiger partial charge is 0.0468 e. The van der Waals surface area contributed by atoms with Crippen molar-refractivity contribution in [1.82, 2.24) is 0 Å². The highest BCUT2D eigenvalue weighted by Crippen LogP contribution is 2.53. The summed E-state index contributed by atoms with van der Waals surface area (Å²) in [5, 5.41) is 5.21. The normalized spacial score (nSPS) is 15.0. The Hall–Kier alpha value is -5.18. The SMILES string of the molecule is CC1(C)c2ccccc2-c2cc(N(c3ccc4c(c3)-c3ccccc3C4(C)C)c3ccc4cc5c(cc4c3)sc3ccccc35)ccc21. The second-order valence-electron chi connectivity index (χ2n) is 14.6. The molecule has 48 heavy (non-hydrogen) atoms. The number of benzene rings is 7. The molecule has 0 fully saturated rings. The molecule has 0 atom stereocenters. The van der Waals surface area contributed by atoms with Crippen molar-refractivity contribution in [2.75, 3.05) is 4.90 Å². The van der Waals surface area contributed by atoms with Crippen LogP contribution in [-0.4, -0.2) is 0 Å². The van der Waals surface area contributed by atoms with Crippen molar-refractivity contribution in [2.45, 2.75) is 38.5 Å². The second-order valence-corrected chi connectivity index (χ2v) is 15.7. The number of nitrogens with zero attached hydrogens (tertiary/aromatic N) is 1. The van der Waals surface area contributed by atoms with E-state index in [4.69, 9.17) is 0 Å². The van der Waals surface area contributed by atoms with Gasteiger partial charge in [0, 0.05) is 48.1 Å². The lowest BCUT2D eigenvalue weighted by Gasteiger charge is -2.28. The maximum atomic E-state index is 2.47. The third-order valence-electron chi connectivity index (χ3n) is 11.2. The molecule has 0 unspecified atom stereocenters. The summed E-state index contributed by atoms with van der Waals surface area (Å²) in [5.41, 5.74) is 14.4. The number of hydrogen-bond donors (Lipinski definition) is 0. The number of thiophene rings is 1. The molecule has 0 saturated carbocycles. The second kappa shape index (κ2) is 9.69. The minimum Gasteiger partial charge on any atom is -0.310 e. The van der Waals surface area contributed by atoms with Gasteiger partial charge in [0.1, 0.15) is 0 Å². The van der Waals surface area contributed by atoms with E-state index >= 15 is 0 Å². The van der Waals surface area contributed by atoms with Crippen LogP contribution in [0.5, 0.6) is 0 Å². The van der Waals surface area contributed by atoms with Gasteiger partial charge in [-0.05, 0) is 110 Å². The third-order valence-corrected chi connectivity index (χ3v) is 12.4. The van der Waals surface area contributed by atoms with E-state index in [0.29, 0.717) is 0 Å². The Kier molecular flexibility index (Phi) is 5.63. The Morgan fingerprint density at radius 1 is 0.396 bits per heavy atom. The zero-order chi connectivity index (χ0) is 32.4. The Morgan fingerprint density at radius 3 is 1.56 bits per heavy atom. The fourth-order valence-electron chi connectivity index (χ4n) is 8.74. The number of fused-ring (bicyclic) bond motifs is 10. The van der Waals surface area contributed by atoms with Crippen LogP contribution in [0, 0.1) is 0 Å². The zero-order valence-electron chi connectivity index (χ0n) is 27.6. The molecule has 7 aromatic carbocycles. The molecule has 1 aromatic heterocycles. The van der Waals surface area contributed by atoms with E-state index in [2.05, 4.69) is 172 Å². The Labute approximate surface area is 285 Å². The Morgan fingerprint density at radius 2 is 0.917 bits per heavy atom. The molecule has 1 nitrogen and oxygen atoms in total. The van der Waals surface area contributed by atoms with Crippen LogP contribution in [0.3, 0.4) is 0 Å². The fourth-order valence-corrected chi connectivity index (χ4v) is 9.87. The van der Waals surface area contributed by atoms with Crippen LogP contribution in [0.1, 0.15) is 49.9 Å². The van der Waals surface area contributed by atoms with E-state index in [0.717, 1.165) is 0 Å². The maximum Gasteiger partial charge on any atom is 0.0468 e. The predicted octanol–water partition coefficient (Wildman–Crippen LogP) is 13.3. The first kappa shape index (κ1) is 27.9. The van der Waals surface area contributed by atoms with Gasteiger partial charge in [0.25, 0.3) is 0 Å². The molecule has 0 aliphatic heterocycles. The minimum atomic E-state index is -0.0310. The minimum absolute atomic E-state index is 0.0310. The van der Waals surface area contributed by atoms with E-state index in [1.165, 1.54) is 92.5 Å². The molecule has 8 aromatic rings. The fraction of sp³-hybridized carbons (Fsp3) is 0.130. The summed E-state index contributed by atoms with van der Waals surface area (Å²) >= 11 is 1.88. The average molecular weight is 634 g/mol. The lowest BCUT2D eigenvalue weighted by Crippen LogP contribution is -2.16. The van der Waals surface area contributed by atoms with Crippen molar-refractivity contribution in [3.63, 3.8) is 0 Å². The van der Waals surface area contributed by atoms with E-state index in [1.54, 1.807) is 0 Å². The number of anilines is 3. The maximum absolute atomic E-state index is 2.47. The first-order valence-electron chi connectivity index (χ1n) is 16.9. The first-order valence-corrected chi connectivity index (χ1v) is 17.7. The summed E-state index contributed by atoms with van der Waals surface area (Å²) in [7, 11) is 0. The third kappa shape index (κ3) is 3.78. The van der Waals surface area contributed by atoms with Crippen LogP contribution in [0.25, 0.3) is 53.2 Å². The van der Waals surface area contributed by atoms with Gasteiger partial charge in [-0.25, -0.2) is 0 Å². The average Bonchev–Trinajstić information content (AvgIpc) is 3.66. The zero-order valence-corrected chi connectivity index (χ0v) is 28.5. The quantitative estimate of drug-likeness (QED) is 0.187. The van der Waals surface area contributed by atoms with Gasteiger partial charge in [-0.2, -0.15) is 0 Å². The molecule has 0 saturated heterocycles. The van der Waals surface area contributed by atoms with Gasteiger partial charge < -0.3 is 4.90 Å². The highest BCUT2D eigenvalue weighted by molar-refractivity contribution is 7.25. The number of hydrogen-bond acceptors (Lipinski definition) is 2. The molecule has 0 bridgehead atoms. The van der Waals surface area contributed by atoms with Crippen LogP contribution >= 0.6 is 11.3 Å². The van der Waals surface area contributed by atoms with Crippen LogP contribution in [0.2, 0.25) is 0 Å². The molecule has 0 radical (unpaired) electrons. The van der Waals surface area contributed by atoms with Crippen molar-refractivity contribution in [2.24, 2.45) is 0 Å². The van der Waals surface area contributed by atoms with E-state index < -0.39 is 0 Å². The lowest BCUT2D eigenvalue weighted by atomic mass is 9.82. The molecular formula is C46H35NS. The van der Waals surface area contributed by atoms with E-state index in [-0.39, 0.29) is 10.8 Å². The molecule has 2 heteroatoms. The van der Waals surface area contributed by atoms with Gasteiger partial charge in [-0.15, -0.1) is 11.3 Å². The van der Waals surface area contributed by atoms with Crippen molar-refractivity contribution in [3.05, 3.63) is 162 Å². The molecule has 2 aliphatic carbocycles. The summed E-state index contributed by atoms with van der Waals surface area (Å²) < 4.78 is 2.67. The standard InChI is InChI=1S/C46H35NS/c1-45(2)39-14-8-5-11-33(39)36-26-31(19-21-41(36)45)47(32-20-22-42-37(27-32)34-12-6-9-15-40(34)46(42,3)4)30-18-17-28-24-38-35-13-7-10-16-43(35)48-44(38)25-29(28)23-30/h5-27H,1-4H3. The van der Waals surface area contributed by atoms with Gasteiger partial charge in [-0.3, -0.25) is 0 Å². The van der Waals surface area contributed by atoms with Crippen molar-refractivity contribution in [1.29, 1.82) is 0 Å². The van der Waals surface area contributed by atoms with Gasteiger partial charge in [0.05, 0.1) is 0 Å². The largest absolute Gasteiger partial charge is 0.310 e. The monoisotopic (exact) mass is 633 g/mol. The van der Waals surface area contributed by atoms with Crippen molar-refractivity contribution >= 4 is 59.3 Å². The van der Waals surface area contributed by atoms with Crippen molar-refractivity contribution < 1.29 is 0 Å². The van der Waals surface area contributed by atoms with E-state index in [9.17, 15) is 0 Å². The summed E-state index contributed by atoms with van der Waals surface area (Å²) in [6.45, 7) is 9.42. The lowest BCUT2D eigenvalue weighted by molar-refractivity contribution is 0.660. The van der Waals surface area contributed by atoms with Crippen molar-refractivity contribution in [3.8, 4) is 22.3 Å². The highest BCUT2D eigenvalue weighted by atomic mass is 32.1. The molecule has 2 aliphatic rings. The van der Waals surface area contributed by atoms with Crippen LogP contribution < -0.4 is 4.90 Å². The number of rotatable bonds is 3. The van der Waals surface area contributed by atoms with Gasteiger partial charge in [0.2, 0.25) is 0 Å². The molecule has 0 spiro atoms. The summed E-state index contributed by atoms with van der Waals surface area (Å²) in [4.78, 5) is 2.47.